The second kappa shape index (κ2) is 12.3. The van der Waals surface area contributed by atoms with Crippen LogP contribution in [-0.2, 0) is 24.1 Å². The molecule has 0 aromatic heterocycles. The summed E-state index contributed by atoms with van der Waals surface area (Å²) < 4.78 is 5.50. The summed E-state index contributed by atoms with van der Waals surface area (Å²) in [7, 11) is 0. The maximum Gasteiger partial charge on any atom is 0.381 e. The van der Waals surface area contributed by atoms with Gasteiger partial charge < -0.3 is 4.74 Å². The quantitative estimate of drug-likeness (QED) is 0.191. The van der Waals surface area contributed by atoms with E-state index in [1.807, 2.05) is 13.8 Å². The number of ether oxygens (including phenoxy) is 1. The van der Waals surface area contributed by atoms with Crippen molar-refractivity contribution in [1.29, 1.82) is 0 Å². The molecular weight excluding hydrogens is 275 g/mol. The monoisotopic (exact) mass is 304 g/mol. The molecule has 0 aliphatic rings. The molecule has 0 heterocycles. The molecule has 6 heteroatoms. The van der Waals surface area contributed by atoms with Crippen LogP contribution in [0.5, 0.6) is 0 Å². The maximum absolute atomic E-state index is 12.0. The van der Waals surface area contributed by atoms with Crippen molar-refractivity contribution >= 4 is 29.1 Å². The summed E-state index contributed by atoms with van der Waals surface area (Å²) in [6.45, 7) is 7.76. The van der Waals surface area contributed by atoms with E-state index in [1.165, 1.54) is 6.92 Å². The zero-order chi connectivity index (χ0) is 14.7. The van der Waals surface area contributed by atoms with Crippen molar-refractivity contribution in [2.45, 2.75) is 65.4 Å². The SMILES string of the molecule is CCCCOOC(=O)C(CC)(OCCCC)C(C)=O.[AlH3]. The summed E-state index contributed by atoms with van der Waals surface area (Å²) in [5.74, 6) is -1.11. The Bertz CT molecular complexity index is 283. The van der Waals surface area contributed by atoms with Gasteiger partial charge in [0.2, 0.25) is 5.60 Å². The van der Waals surface area contributed by atoms with Crippen LogP contribution < -0.4 is 0 Å². The van der Waals surface area contributed by atoms with E-state index in [0.717, 1.165) is 25.7 Å². The first kappa shape index (κ1) is 21.9. The molecule has 20 heavy (non-hydrogen) atoms. The summed E-state index contributed by atoms with van der Waals surface area (Å²) in [6.07, 6.45) is 3.69. The molecule has 0 spiro atoms. The Morgan fingerprint density at radius 3 is 2.00 bits per heavy atom. The van der Waals surface area contributed by atoms with Gasteiger partial charge in [-0.05, 0) is 26.2 Å². The molecule has 1 atom stereocenters. The van der Waals surface area contributed by atoms with Gasteiger partial charge in [-0.15, -0.1) is 0 Å². The number of hydrogen-bond acceptors (Lipinski definition) is 5. The minimum absolute atomic E-state index is 0. The third kappa shape index (κ3) is 6.85. The van der Waals surface area contributed by atoms with Crippen LogP contribution in [0.4, 0.5) is 0 Å². The highest BCUT2D eigenvalue weighted by Crippen LogP contribution is 2.21. The van der Waals surface area contributed by atoms with Crippen molar-refractivity contribution in [3.05, 3.63) is 0 Å². The zero-order valence-corrected chi connectivity index (χ0v) is 12.5. The second-order valence-corrected chi connectivity index (χ2v) is 4.49. The number of rotatable bonds is 11. The van der Waals surface area contributed by atoms with Crippen molar-refractivity contribution < 1.29 is 24.1 Å². The van der Waals surface area contributed by atoms with Crippen LogP contribution in [0.3, 0.4) is 0 Å². The van der Waals surface area contributed by atoms with Gasteiger partial charge >= 0.3 is 5.97 Å². The molecule has 0 rings (SSSR count). The lowest BCUT2D eigenvalue weighted by atomic mass is 9.96. The summed E-state index contributed by atoms with van der Waals surface area (Å²) in [5, 5.41) is 0. The number of ketones is 1. The van der Waals surface area contributed by atoms with E-state index in [-0.39, 0.29) is 29.6 Å². The fourth-order valence-electron chi connectivity index (χ4n) is 1.56. The van der Waals surface area contributed by atoms with Gasteiger partial charge in [0.1, 0.15) is 0 Å². The first-order chi connectivity index (χ1) is 9.05. The van der Waals surface area contributed by atoms with Gasteiger partial charge in [-0.3, -0.25) is 9.68 Å². The number of carbonyl (C=O) groups excluding carboxylic acids is 2. The summed E-state index contributed by atoms with van der Waals surface area (Å²) in [6, 6.07) is 0. The van der Waals surface area contributed by atoms with Gasteiger partial charge in [0.25, 0.3) is 0 Å². The lowest BCUT2D eigenvalue weighted by molar-refractivity contribution is -0.286. The third-order valence-corrected chi connectivity index (χ3v) is 2.96. The fraction of sp³-hybridized carbons (Fsp3) is 0.857. The molecule has 5 nitrogen and oxygen atoms in total. The Kier molecular flexibility index (Phi) is 13.5. The molecule has 0 saturated heterocycles. The van der Waals surface area contributed by atoms with E-state index < -0.39 is 11.6 Å². The molecule has 0 aromatic carbocycles. The highest BCUT2D eigenvalue weighted by molar-refractivity contribution is 6.06. The minimum Gasteiger partial charge on any atom is -0.356 e. The van der Waals surface area contributed by atoms with Gasteiger partial charge in [0, 0.05) is 6.61 Å². The van der Waals surface area contributed by atoms with Crippen LogP contribution >= 0.6 is 0 Å². The molecule has 0 aromatic rings. The normalized spacial score (nSPS) is 13.2. The Hall–Kier alpha value is -0.408. The Morgan fingerprint density at radius 2 is 1.55 bits per heavy atom. The minimum atomic E-state index is -1.53. The average Bonchev–Trinajstić information content (AvgIpc) is 2.39. The van der Waals surface area contributed by atoms with Crippen LogP contribution in [0, 0.1) is 0 Å². The zero-order valence-electron chi connectivity index (χ0n) is 12.5. The molecule has 0 saturated carbocycles. The molecule has 118 valence electrons. The van der Waals surface area contributed by atoms with Crippen molar-refractivity contribution in [3.8, 4) is 0 Å². The van der Waals surface area contributed by atoms with E-state index in [0.29, 0.717) is 13.2 Å². The summed E-state index contributed by atoms with van der Waals surface area (Å²) >= 11 is 0. The topological polar surface area (TPSA) is 61.8 Å². The summed E-state index contributed by atoms with van der Waals surface area (Å²) in [5.41, 5.74) is -1.53. The van der Waals surface area contributed by atoms with Crippen molar-refractivity contribution in [1.82, 2.24) is 0 Å². The van der Waals surface area contributed by atoms with Gasteiger partial charge in [0.15, 0.2) is 23.1 Å². The first-order valence-corrected chi connectivity index (χ1v) is 7.04. The molecule has 1 unspecified atom stereocenters. The Balaban J connectivity index is 0. The lowest BCUT2D eigenvalue weighted by Gasteiger charge is -2.26. The van der Waals surface area contributed by atoms with Gasteiger partial charge in [-0.25, -0.2) is 4.79 Å². The van der Waals surface area contributed by atoms with E-state index in [2.05, 4.69) is 0 Å². The van der Waals surface area contributed by atoms with Crippen LogP contribution in [0.1, 0.15) is 59.8 Å². The Morgan fingerprint density at radius 1 is 1.00 bits per heavy atom. The molecule has 0 amide bonds. The van der Waals surface area contributed by atoms with Crippen LogP contribution in [-0.4, -0.2) is 47.9 Å². The molecule has 0 aliphatic heterocycles. The largest absolute Gasteiger partial charge is 0.381 e. The van der Waals surface area contributed by atoms with E-state index in [4.69, 9.17) is 14.5 Å². The van der Waals surface area contributed by atoms with Crippen LogP contribution in [0.25, 0.3) is 0 Å². The molecule has 0 radical (unpaired) electrons. The third-order valence-electron chi connectivity index (χ3n) is 2.96. The number of carbonyl (C=O) groups is 2. The predicted octanol–water partition coefficient (Wildman–Crippen LogP) is 1.63. The molecule has 0 bridgehead atoms. The standard InChI is InChI=1S/C14H26O5.Al.3H/c1-5-8-10-17-14(7-3,12(4)15)13(16)19-18-11-9-6-2;;;;/h5-11H2,1-4H3;;;;. The fourth-order valence-corrected chi connectivity index (χ4v) is 1.56. The Labute approximate surface area is 132 Å². The molecule has 0 aliphatic carbocycles. The van der Waals surface area contributed by atoms with Crippen molar-refractivity contribution in [2.75, 3.05) is 13.2 Å². The van der Waals surface area contributed by atoms with Gasteiger partial charge in [0.05, 0.1) is 6.61 Å². The predicted molar refractivity (Wildman–Crippen MR) is 81.5 cm³/mol. The molecule has 0 N–H and O–H groups in total. The summed E-state index contributed by atoms with van der Waals surface area (Å²) in [4.78, 5) is 33.3. The van der Waals surface area contributed by atoms with Crippen molar-refractivity contribution in [3.63, 3.8) is 0 Å². The van der Waals surface area contributed by atoms with Crippen LogP contribution in [0.2, 0.25) is 0 Å². The maximum atomic E-state index is 12.0. The van der Waals surface area contributed by atoms with Gasteiger partial charge in [-0.1, -0.05) is 33.6 Å². The van der Waals surface area contributed by atoms with Crippen LogP contribution in [0.15, 0.2) is 0 Å². The number of unbranched alkanes of at least 4 members (excludes halogenated alkanes) is 2. The van der Waals surface area contributed by atoms with E-state index in [9.17, 15) is 9.59 Å². The highest BCUT2D eigenvalue weighted by Gasteiger charge is 2.45. The first-order valence-electron chi connectivity index (χ1n) is 7.04. The highest BCUT2D eigenvalue weighted by atomic mass is 27.0. The number of Topliss-reactive ketones (excluding diaryl/α,β-unsaturated/α-hetero) is 1. The van der Waals surface area contributed by atoms with E-state index >= 15 is 0 Å². The second-order valence-electron chi connectivity index (χ2n) is 4.49. The number of hydrogen-bond donors (Lipinski definition) is 0. The molecular formula is C14H29AlO5. The van der Waals surface area contributed by atoms with Crippen molar-refractivity contribution in [2.24, 2.45) is 0 Å². The van der Waals surface area contributed by atoms with Gasteiger partial charge in [-0.2, -0.15) is 4.89 Å². The van der Waals surface area contributed by atoms with E-state index in [1.54, 1.807) is 6.92 Å². The lowest BCUT2D eigenvalue weighted by Crippen LogP contribution is -2.49. The average molecular weight is 304 g/mol. The smallest absolute Gasteiger partial charge is 0.356 e. The molecule has 0 fully saturated rings.